The molecule has 0 spiro atoms. The molecular formula is C10H13ClN2O. The molecule has 14 heavy (non-hydrogen) atoms. The Kier molecular flexibility index (Phi) is 2.89. The number of pyridine rings is 1. The standard InChI is InChI=1S/C10H13ClN2O/c1-7-9(4-5-14-7)13-8-2-3-10(11)12-6-8/h2-3,6-7,9,13H,4-5H2,1H3/t7-,9+/m0/s1. The molecule has 0 unspecified atom stereocenters. The van der Waals surface area contributed by atoms with Gasteiger partial charge < -0.3 is 10.1 Å². The first-order valence-corrected chi connectivity index (χ1v) is 5.13. The van der Waals surface area contributed by atoms with Gasteiger partial charge in [-0.25, -0.2) is 4.98 Å². The topological polar surface area (TPSA) is 34.1 Å². The fourth-order valence-electron chi connectivity index (χ4n) is 1.60. The van der Waals surface area contributed by atoms with Gasteiger partial charge in [0, 0.05) is 6.61 Å². The number of nitrogens with one attached hydrogen (secondary N) is 1. The SMILES string of the molecule is C[C@@H]1OCC[C@H]1Nc1ccc(Cl)nc1. The number of ether oxygens (including phenoxy) is 1. The minimum absolute atomic E-state index is 0.269. The molecule has 0 aromatic carbocycles. The fourth-order valence-corrected chi connectivity index (χ4v) is 1.71. The highest BCUT2D eigenvalue weighted by molar-refractivity contribution is 6.29. The number of anilines is 1. The van der Waals surface area contributed by atoms with E-state index in [1.807, 2.05) is 6.07 Å². The van der Waals surface area contributed by atoms with Gasteiger partial charge in [0.05, 0.1) is 24.0 Å². The van der Waals surface area contributed by atoms with Crippen molar-refractivity contribution in [2.75, 3.05) is 11.9 Å². The predicted octanol–water partition coefficient (Wildman–Crippen LogP) is 2.32. The summed E-state index contributed by atoms with van der Waals surface area (Å²) < 4.78 is 5.45. The third-order valence-corrected chi connectivity index (χ3v) is 2.68. The van der Waals surface area contributed by atoms with Crippen molar-refractivity contribution in [3.05, 3.63) is 23.5 Å². The molecule has 1 aliphatic heterocycles. The largest absolute Gasteiger partial charge is 0.378 e. The van der Waals surface area contributed by atoms with Crippen LogP contribution in [0.2, 0.25) is 5.15 Å². The van der Waals surface area contributed by atoms with E-state index < -0.39 is 0 Å². The van der Waals surface area contributed by atoms with E-state index in [1.165, 1.54) is 0 Å². The van der Waals surface area contributed by atoms with Gasteiger partial charge in [0.1, 0.15) is 5.15 Å². The minimum Gasteiger partial charge on any atom is -0.378 e. The lowest BCUT2D eigenvalue weighted by Crippen LogP contribution is -2.26. The summed E-state index contributed by atoms with van der Waals surface area (Å²) >= 11 is 5.69. The molecule has 3 nitrogen and oxygen atoms in total. The molecule has 2 heterocycles. The Hall–Kier alpha value is -0.800. The number of hydrogen-bond donors (Lipinski definition) is 1. The molecule has 0 bridgehead atoms. The van der Waals surface area contributed by atoms with E-state index in [0.29, 0.717) is 11.2 Å². The van der Waals surface area contributed by atoms with E-state index in [0.717, 1.165) is 18.7 Å². The van der Waals surface area contributed by atoms with Crippen molar-refractivity contribution in [2.45, 2.75) is 25.5 Å². The maximum Gasteiger partial charge on any atom is 0.129 e. The Balaban J connectivity index is 2.00. The van der Waals surface area contributed by atoms with Crippen LogP contribution in [0.3, 0.4) is 0 Å². The van der Waals surface area contributed by atoms with Crippen molar-refractivity contribution < 1.29 is 4.74 Å². The van der Waals surface area contributed by atoms with E-state index in [-0.39, 0.29) is 6.10 Å². The molecule has 0 aliphatic carbocycles. The average molecular weight is 213 g/mol. The van der Waals surface area contributed by atoms with Crippen LogP contribution in [0, 0.1) is 0 Å². The summed E-state index contributed by atoms with van der Waals surface area (Å²) in [6.45, 7) is 2.91. The molecule has 0 amide bonds. The van der Waals surface area contributed by atoms with Crippen LogP contribution in [0.4, 0.5) is 5.69 Å². The molecule has 0 saturated carbocycles. The lowest BCUT2D eigenvalue weighted by Gasteiger charge is -2.16. The molecule has 2 rings (SSSR count). The molecular weight excluding hydrogens is 200 g/mol. The van der Waals surface area contributed by atoms with Crippen LogP contribution in [0.25, 0.3) is 0 Å². The summed E-state index contributed by atoms with van der Waals surface area (Å²) in [4.78, 5) is 4.01. The molecule has 1 fully saturated rings. The Labute approximate surface area is 88.4 Å². The first kappa shape index (κ1) is 9.74. The van der Waals surface area contributed by atoms with Crippen molar-refractivity contribution in [1.29, 1.82) is 0 Å². The van der Waals surface area contributed by atoms with Gasteiger partial charge in [-0.3, -0.25) is 0 Å². The maximum absolute atomic E-state index is 5.69. The molecule has 1 N–H and O–H groups in total. The summed E-state index contributed by atoms with van der Waals surface area (Å²) in [5.41, 5.74) is 0.997. The average Bonchev–Trinajstić information content (AvgIpc) is 2.56. The minimum atomic E-state index is 0.269. The third kappa shape index (κ3) is 2.16. The van der Waals surface area contributed by atoms with Crippen LogP contribution >= 0.6 is 11.6 Å². The summed E-state index contributed by atoms with van der Waals surface area (Å²) in [7, 11) is 0. The number of aromatic nitrogens is 1. The Bertz CT molecular complexity index is 301. The van der Waals surface area contributed by atoms with E-state index in [2.05, 4.69) is 17.2 Å². The number of nitrogens with zero attached hydrogens (tertiary/aromatic N) is 1. The van der Waals surface area contributed by atoms with E-state index in [9.17, 15) is 0 Å². The molecule has 1 saturated heterocycles. The van der Waals surface area contributed by atoms with Crippen LogP contribution in [0.1, 0.15) is 13.3 Å². The van der Waals surface area contributed by atoms with E-state index >= 15 is 0 Å². The molecule has 2 atom stereocenters. The molecule has 1 aromatic heterocycles. The van der Waals surface area contributed by atoms with Crippen molar-refractivity contribution in [3.63, 3.8) is 0 Å². The lowest BCUT2D eigenvalue weighted by molar-refractivity contribution is 0.121. The van der Waals surface area contributed by atoms with E-state index in [1.54, 1.807) is 12.3 Å². The monoisotopic (exact) mass is 212 g/mol. The summed E-state index contributed by atoms with van der Waals surface area (Å²) in [6.07, 6.45) is 3.06. The summed E-state index contributed by atoms with van der Waals surface area (Å²) in [5, 5.41) is 3.89. The lowest BCUT2D eigenvalue weighted by atomic mass is 10.1. The number of rotatable bonds is 2. The van der Waals surface area contributed by atoms with Gasteiger partial charge in [-0.2, -0.15) is 0 Å². The van der Waals surface area contributed by atoms with Crippen molar-refractivity contribution >= 4 is 17.3 Å². The smallest absolute Gasteiger partial charge is 0.129 e. The highest BCUT2D eigenvalue weighted by Gasteiger charge is 2.23. The van der Waals surface area contributed by atoms with Gasteiger partial charge in [-0.1, -0.05) is 11.6 Å². The maximum atomic E-state index is 5.69. The van der Waals surface area contributed by atoms with Gasteiger partial charge in [0.25, 0.3) is 0 Å². The zero-order valence-electron chi connectivity index (χ0n) is 8.03. The first-order valence-electron chi connectivity index (χ1n) is 4.75. The Morgan fingerprint density at radius 1 is 1.57 bits per heavy atom. The molecule has 1 aliphatic rings. The van der Waals surface area contributed by atoms with Gasteiger partial charge >= 0.3 is 0 Å². The van der Waals surface area contributed by atoms with Crippen LogP contribution in [0.15, 0.2) is 18.3 Å². The predicted molar refractivity (Wildman–Crippen MR) is 56.7 cm³/mol. The highest BCUT2D eigenvalue weighted by Crippen LogP contribution is 2.18. The van der Waals surface area contributed by atoms with Crippen molar-refractivity contribution in [1.82, 2.24) is 4.98 Å². The zero-order chi connectivity index (χ0) is 9.97. The van der Waals surface area contributed by atoms with Crippen LogP contribution < -0.4 is 5.32 Å². The second kappa shape index (κ2) is 4.15. The molecule has 0 radical (unpaired) electrons. The second-order valence-electron chi connectivity index (χ2n) is 3.49. The number of halogens is 1. The third-order valence-electron chi connectivity index (χ3n) is 2.46. The fraction of sp³-hybridized carbons (Fsp3) is 0.500. The normalized spacial score (nSPS) is 26.4. The molecule has 76 valence electrons. The molecule has 1 aromatic rings. The van der Waals surface area contributed by atoms with Crippen molar-refractivity contribution in [2.24, 2.45) is 0 Å². The van der Waals surface area contributed by atoms with Gasteiger partial charge in [-0.05, 0) is 25.5 Å². The second-order valence-corrected chi connectivity index (χ2v) is 3.87. The zero-order valence-corrected chi connectivity index (χ0v) is 8.79. The van der Waals surface area contributed by atoms with Crippen LogP contribution in [-0.2, 0) is 4.74 Å². The molecule has 4 heteroatoms. The van der Waals surface area contributed by atoms with Crippen LogP contribution in [0.5, 0.6) is 0 Å². The summed E-state index contributed by atoms with van der Waals surface area (Å²) in [5.74, 6) is 0. The van der Waals surface area contributed by atoms with Crippen molar-refractivity contribution in [3.8, 4) is 0 Å². The van der Waals surface area contributed by atoms with E-state index in [4.69, 9.17) is 16.3 Å². The Morgan fingerprint density at radius 2 is 2.43 bits per heavy atom. The first-order chi connectivity index (χ1) is 6.75. The summed E-state index contributed by atoms with van der Waals surface area (Å²) in [6, 6.07) is 4.10. The quantitative estimate of drug-likeness (QED) is 0.765. The highest BCUT2D eigenvalue weighted by atomic mass is 35.5. The van der Waals surface area contributed by atoms with Gasteiger partial charge in [0.2, 0.25) is 0 Å². The van der Waals surface area contributed by atoms with Gasteiger partial charge in [0.15, 0.2) is 0 Å². The van der Waals surface area contributed by atoms with Gasteiger partial charge in [-0.15, -0.1) is 0 Å². The number of hydrogen-bond acceptors (Lipinski definition) is 3. The Morgan fingerprint density at radius 3 is 3.00 bits per heavy atom. The van der Waals surface area contributed by atoms with Crippen LogP contribution in [-0.4, -0.2) is 23.7 Å².